The molecule has 0 unspecified atom stereocenters. The number of rotatable bonds is 0. The summed E-state index contributed by atoms with van der Waals surface area (Å²) < 4.78 is 0. The van der Waals surface area contributed by atoms with Crippen LogP contribution < -0.4 is 0 Å². The van der Waals surface area contributed by atoms with E-state index in [1.54, 1.807) is 0 Å². The molecule has 2 aliphatic rings. The van der Waals surface area contributed by atoms with E-state index in [-0.39, 0.29) is 10.8 Å². The maximum atomic E-state index is 10.1. The molecule has 1 nitrogen and oxygen atoms in total. The summed E-state index contributed by atoms with van der Waals surface area (Å²) in [5, 5.41) is 14.9. The third-order valence-electron chi connectivity index (χ3n) is 7.29. The molecule has 0 fully saturated rings. The highest BCUT2D eigenvalue weighted by Crippen LogP contribution is 2.58. The van der Waals surface area contributed by atoms with Crippen molar-refractivity contribution in [1.29, 1.82) is 5.26 Å². The van der Waals surface area contributed by atoms with E-state index in [0.717, 1.165) is 16.3 Å². The quantitative estimate of drug-likeness (QED) is 0.316. The molecule has 0 N–H and O–H groups in total. The first kappa shape index (κ1) is 15.9. The van der Waals surface area contributed by atoms with Gasteiger partial charge in [-0.2, -0.15) is 5.26 Å². The van der Waals surface area contributed by atoms with Crippen molar-refractivity contribution in [3.05, 3.63) is 82.4 Å². The summed E-state index contributed by atoms with van der Waals surface area (Å²) in [4.78, 5) is 0. The second-order valence-electron chi connectivity index (χ2n) is 9.30. The van der Waals surface area contributed by atoms with E-state index in [0.29, 0.717) is 0 Å². The van der Waals surface area contributed by atoms with Crippen LogP contribution in [-0.4, -0.2) is 0 Å². The van der Waals surface area contributed by atoms with Crippen molar-refractivity contribution in [2.45, 2.75) is 38.5 Å². The average Bonchev–Trinajstić information content (AvgIpc) is 2.69. The molecule has 28 heavy (non-hydrogen) atoms. The van der Waals surface area contributed by atoms with Gasteiger partial charge in [0.15, 0.2) is 0 Å². The molecule has 4 aromatic carbocycles. The highest BCUT2D eigenvalue weighted by molar-refractivity contribution is 6.21. The maximum Gasteiger partial charge on any atom is 0.100 e. The first-order valence-electron chi connectivity index (χ1n) is 9.96. The summed E-state index contributed by atoms with van der Waals surface area (Å²) in [6.45, 7) is 9.29. The molecule has 2 aliphatic carbocycles. The topological polar surface area (TPSA) is 23.8 Å². The summed E-state index contributed by atoms with van der Waals surface area (Å²) in [7, 11) is 0. The maximum absolute atomic E-state index is 10.1. The van der Waals surface area contributed by atoms with Gasteiger partial charge in [0.1, 0.15) is 6.07 Å². The summed E-state index contributed by atoms with van der Waals surface area (Å²) >= 11 is 0. The van der Waals surface area contributed by atoms with Gasteiger partial charge in [0, 0.05) is 21.6 Å². The zero-order valence-corrected chi connectivity index (χ0v) is 16.6. The van der Waals surface area contributed by atoms with Crippen LogP contribution in [-0.2, 0) is 10.8 Å². The number of hydrogen-bond donors (Lipinski definition) is 0. The minimum atomic E-state index is -0.0966. The molecule has 0 bridgehead atoms. The summed E-state index contributed by atoms with van der Waals surface area (Å²) in [6.07, 6.45) is 0. The van der Waals surface area contributed by atoms with Crippen LogP contribution in [0.4, 0.5) is 0 Å². The zero-order valence-electron chi connectivity index (χ0n) is 16.6. The Morgan fingerprint density at radius 2 is 1.04 bits per heavy atom. The molecule has 0 saturated carbocycles. The van der Waals surface area contributed by atoms with Crippen LogP contribution in [0, 0.1) is 11.3 Å². The van der Waals surface area contributed by atoms with Crippen LogP contribution in [0.25, 0.3) is 32.7 Å². The van der Waals surface area contributed by atoms with E-state index in [1.165, 1.54) is 44.2 Å². The molecule has 0 radical (unpaired) electrons. The number of hydrogen-bond acceptors (Lipinski definition) is 1. The van der Waals surface area contributed by atoms with E-state index in [9.17, 15) is 5.26 Å². The smallest absolute Gasteiger partial charge is 0.100 e. The van der Waals surface area contributed by atoms with Gasteiger partial charge < -0.3 is 0 Å². The first-order valence-corrected chi connectivity index (χ1v) is 9.96. The van der Waals surface area contributed by atoms with Gasteiger partial charge in [-0.05, 0) is 44.2 Å². The Morgan fingerprint density at radius 3 is 1.50 bits per heavy atom. The van der Waals surface area contributed by atoms with Gasteiger partial charge in [-0.3, -0.25) is 0 Å². The molecule has 0 atom stereocenters. The molecule has 1 heteroatoms. The van der Waals surface area contributed by atoms with Crippen molar-refractivity contribution in [1.82, 2.24) is 0 Å². The largest absolute Gasteiger partial charge is 0.192 e. The monoisotopic (exact) mass is 359 g/mol. The Hall–Kier alpha value is -3.11. The Morgan fingerprint density at radius 1 is 0.607 bits per heavy atom. The van der Waals surface area contributed by atoms with Crippen molar-refractivity contribution >= 4 is 21.5 Å². The first-order chi connectivity index (χ1) is 13.4. The Balaban J connectivity index is 2.07. The Labute approximate surface area is 165 Å². The Kier molecular flexibility index (Phi) is 2.64. The second-order valence-corrected chi connectivity index (χ2v) is 9.30. The third-order valence-corrected chi connectivity index (χ3v) is 7.29. The van der Waals surface area contributed by atoms with Gasteiger partial charge in [-0.1, -0.05) is 82.3 Å². The third kappa shape index (κ3) is 1.52. The van der Waals surface area contributed by atoms with Crippen LogP contribution in [0.2, 0.25) is 0 Å². The number of nitriles is 1. The fourth-order valence-electron chi connectivity index (χ4n) is 5.90. The lowest BCUT2D eigenvalue weighted by atomic mass is 9.60. The molecule has 0 saturated heterocycles. The van der Waals surface area contributed by atoms with E-state index in [1.807, 2.05) is 0 Å². The molecule has 0 aliphatic heterocycles. The zero-order chi connectivity index (χ0) is 19.4. The van der Waals surface area contributed by atoms with Gasteiger partial charge >= 0.3 is 0 Å². The fraction of sp³-hybridized carbons (Fsp3) is 0.222. The molecular weight excluding hydrogens is 338 g/mol. The van der Waals surface area contributed by atoms with Crippen LogP contribution >= 0.6 is 0 Å². The van der Waals surface area contributed by atoms with Crippen LogP contribution in [0.5, 0.6) is 0 Å². The van der Waals surface area contributed by atoms with Gasteiger partial charge in [0.2, 0.25) is 0 Å². The van der Waals surface area contributed by atoms with E-state index >= 15 is 0 Å². The summed E-state index contributed by atoms with van der Waals surface area (Å²) in [5.74, 6) is 0. The lowest BCUT2D eigenvalue weighted by Gasteiger charge is -2.43. The molecule has 0 aromatic heterocycles. The number of nitrogens with zero attached hydrogens (tertiary/aromatic N) is 1. The lowest BCUT2D eigenvalue weighted by Crippen LogP contribution is -2.30. The standard InChI is InChI=1S/C27H21N/c1-26(2)18-10-5-8-15-17(14-28)16-9-6-11-19-23(16)25(22(15)18)24-20(26)12-7-13-21(24)27(19,3)4/h5-13H,1-4H3. The van der Waals surface area contributed by atoms with E-state index in [2.05, 4.69) is 88.4 Å². The molecule has 134 valence electrons. The van der Waals surface area contributed by atoms with Crippen molar-refractivity contribution in [2.75, 3.05) is 0 Å². The summed E-state index contributed by atoms with van der Waals surface area (Å²) in [5.41, 5.74) is 8.83. The van der Waals surface area contributed by atoms with E-state index in [4.69, 9.17) is 0 Å². The molecule has 0 heterocycles. The minimum absolute atomic E-state index is 0.0966. The second kappa shape index (κ2) is 4.65. The Bertz CT molecular complexity index is 1320. The molecule has 4 aromatic rings. The van der Waals surface area contributed by atoms with Crippen molar-refractivity contribution < 1.29 is 0 Å². The minimum Gasteiger partial charge on any atom is -0.192 e. The lowest BCUT2D eigenvalue weighted by molar-refractivity contribution is 0.619. The molecule has 0 amide bonds. The predicted octanol–water partition coefficient (Wildman–Crippen LogP) is 6.81. The highest BCUT2D eigenvalue weighted by Gasteiger charge is 2.42. The normalized spacial score (nSPS) is 17.1. The number of benzene rings is 4. The van der Waals surface area contributed by atoms with E-state index < -0.39 is 0 Å². The van der Waals surface area contributed by atoms with Crippen molar-refractivity contribution in [3.63, 3.8) is 0 Å². The highest BCUT2D eigenvalue weighted by atomic mass is 14.4. The average molecular weight is 359 g/mol. The van der Waals surface area contributed by atoms with Gasteiger partial charge in [-0.25, -0.2) is 0 Å². The van der Waals surface area contributed by atoms with Crippen LogP contribution in [0.1, 0.15) is 55.5 Å². The van der Waals surface area contributed by atoms with Gasteiger partial charge in [-0.15, -0.1) is 0 Å². The van der Waals surface area contributed by atoms with Crippen molar-refractivity contribution in [2.24, 2.45) is 0 Å². The fourth-order valence-corrected chi connectivity index (χ4v) is 5.90. The van der Waals surface area contributed by atoms with Gasteiger partial charge in [0.25, 0.3) is 0 Å². The SMILES string of the molecule is CC1(C)c2cccc3c2-c2c4c1cccc4c(C#N)c1cccc(c21)C3(C)C. The molecule has 6 rings (SSSR count). The van der Waals surface area contributed by atoms with Crippen LogP contribution in [0.3, 0.4) is 0 Å². The predicted molar refractivity (Wildman–Crippen MR) is 116 cm³/mol. The summed E-state index contributed by atoms with van der Waals surface area (Å²) in [6, 6.07) is 22.4. The van der Waals surface area contributed by atoms with Crippen molar-refractivity contribution in [3.8, 4) is 17.2 Å². The van der Waals surface area contributed by atoms with Crippen LogP contribution in [0.15, 0.2) is 54.6 Å². The van der Waals surface area contributed by atoms with Gasteiger partial charge in [0.05, 0.1) is 5.56 Å². The molecule has 0 spiro atoms. The molecular formula is C27H21N.